The van der Waals surface area contributed by atoms with Crippen LogP contribution in [0.15, 0.2) is 30.5 Å². The van der Waals surface area contributed by atoms with Gasteiger partial charge in [0, 0.05) is 40.4 Å². The lowest BCUT2D eigenvalue weighted by molar-refractivity contribution is -0.529. The van der Waals surface area contributed by atoms with E-state index in [2.05, 4.69) is 10.3 Å². The molecule has 98 valence electrons. The quantitative estimate of drug-likeness (QED) is 0.636. The van der Waals surface area contributed by atoms with Crippen LogP contribution in [0.5, 0.6) is 0 Å². The van der Waals surface area contributed by atoms with Gasteiger partial charge < -0.3 is 10.3 Å². The molecule has 19 heavy (non-hydrogen) atoms. The molecule has 1 saturated heterocycles. The van der Waals surface area contributed by atoms with Gasteiger partial charge in [0.25, 0.3) is 0 Å². The van der Waals surface area contributed by atoms with Crippen molar-refractivity contribution in [1.29, 1.82) is 0 Å². The molecule has 1 aromatic carbocycles. The Morgan fingerprint density at radius 2 is 2.11 bits per heavy atom. The Morgan fingerprint density at radius 3 is 2.89 bits per heavy atom. The molecule has 2 N–H and O–H groups in total. The van der Waals surface area contributed by atoms with Crippen molar-refractivity contribution in [3.63, 3.8) is 0 Å². The van der Waals surface area contributed by atoms with E-state index in [0.717, 1.165) is 16.5 Å². The molecule has 1 aliphatic rings. The highest BCUT2D eigenvalue weighted by Crippen LogP contribution is 2.31. The number of para-hydroxylation sites is 1. The molecule has 0 radical (unpaired) electrons. The van der Waals surface area contributed by atoms with Gasteiger partial charge in [-0.05, 0) is 6.07 Å². The van der Waals surface area contributed by atoms with Crippen LogP contribution in [-0.2, 0) is 4.79 Å². The summed E-state index contributed by atoms with van der Waals surface area (Å²) in [5.41, 5.74) is 1.70. The number of nitro groups is 1. The summed E-state index contributed by atoms with van der Waals surface area (Å²) in [4.78, 5) is 25.5. The van der Waals surface area contributed by atoms with E-state index in [0.29, 0.717) is 0 Å². The highest BCUT2D eigenvalue weighted by molar-refractivity contribution is 5.85. The predicted octanol–water partition coefficient (Wildman–Crippen LogP) is 1.76. The van der Waals surface area contributed by atoms with E-state index in [1.165, 1.54) is 0 Å². The first-order valence-corrected chi connectivity index (χ1v) is 6.15. The van der Waals surface area contributed by atoms with Crippen LogP contribution in [0.25, 0.3) is 10.9 Å². The number of hydrogen-bond acceptors (Lipinski definition) is 3. The number of amides is 1. The van der Waals surface area contributed by atoms with E-state index >= 15 is 0 Å². The first-order valence-electron chi connectivity index (χ1n) is 6.15. The number of aromatic nitrogens is 1. The third-order valence-corrected chi connectivity index (χ3v) is 3.60. The van der Waals surface area contributed by atoms with E-state index < -0.39 is 12.1 Å². The SMILES string of the molecule is O=C1CC[C@H]([N+](=O)[O-])[C@H](c2c[nH]c3ccccc23)N1. The number of carbonyl (C=O) groups is 1. The van der Waals surface area contributed by atoms with Crippen molar-refractivity contribution in [2.75, 3.05) is 0 Å². The molecule has 0 spiro atoms. The minimum absolute atomic E-state index is 0.131. The Balaban J connectivity index is 2.06. The van der Waals surface area contributed by atoms with Crippen LogP contribution in [0.3, 0.4) is 0 Å². The van der Waals surface area contributed by atoms with Gasteiger partial charge in [-0.25, -0.2) is 0 Å². The maximum Gasteiger partial charge on any atom is 0.237 e. The summed E-state index contributed by atoms with van der Waals surface area (Å²) in [6.45, 7) is 0. The fourth-order valence-electron chi connectivity index (χ4n) is 2.65. The zero-order valence-electron chi connectivity index (χ0n) is 10.1. The van der Waals surface area contributed by atoms with E-state index in [1.807, 2.05) is 24.3 Å². The number of carbonyl (C=O) groups excluding carboxylic acids is 1. The minimum atomic E-state index is -0.767. The second-order valence-electron chi connectivity index (χ2n) is 4.73. The summed E-state index contributed by atoms with van der Waals surface area (Å²) >= 11 is 0. The molecular weight excluding hydrogens is 246 g/mol. The lowest BCUT2D eigenvalue weighted by Crippen LogP contribution is -2.45. The van der Waals surface area contributed by atoms with Crippen molar-refractivity contribution in [1.82, 2.24) is 10.3 Å². The topological polar surface area (TPSA) is 88.0 Å². The number of rotatable bonds is 2. The molecule has 0 saturated carbocycles. The number of piperidine rings is 1. The van der Waals surface area contributed by atoms with Crippen LogP contribution < -0.4 is 5.32 Å². The summed E-state index contributed by atoms with van der Waals surface area (Å²) in [6.07, 6.45) is 2.24. The van der Waals surface area contributed by atoms with Crippen molar-refractivity contribution in [3.8, 4) is 0 Å². The van der Waals surface area contributed by atoms with Crippen molar-refractivity contribution in [2.24, 2.45) is 0 Å². The summed E-state index contributed by atoms with van der Waals surface area (Å²) in [6, 6.07) is 6.26. The van der Waals surface area contributed by atoms with E-state index in [4.69, 9.17) is 0 Å². The molecule has 1 aliphatic heterocycles. The first-order chi connectivity index (χ1) is 9.16. The summed E-state index contributed by atoms with van der Waals surface area (Å²) in [7, 11) is 0. The van der Waals surface area contributed by atoms with Gasteiger partial charge in [-0.1, -0.05) is 18.2 Å². The number of aromatic amines is 1. The van der Waals surface area contributed by atoms with E-state index in [1.54, 1.807) is 6.20 Å². The molecule has 1 amide bonds. The van der Waals surface area contributed by atoms with Gasteiger partial charge in [0.1, 0.15) is 6.04 Å². The second kappa shape index (κ2) is 4.38. The lowest BCUT2D eigenvalue weighted by atomic mass is 9.92. The maximum atomic E-state index is 11.5. The number of fused-ring (bicyclic) bond motifs is 1. The Bertz CT molecular complexity index is 649. The molecule has 2 heterocycles. The maximum absolute atomic E-state index is 11.5. The predicted molar refractivity (Wildman–Crippen MR) is 69.2 cm³/mol. The first kappa shape index (κ1) is 11.7. The standard InChI is InChI=1S/C13H13N3O3/c17-12-6-5-11(16(18)19)13(15-12)9-7-14-10-4-2-1-3-8(9)10/h1-4,7,11,13-14H,5-6H2,(H,15,17)/t11-,13-/m0/s1. The second-order valence-corrected chi connectivity index (χ2v) is 4.73. The largest absolute Gasteiger partial charge is 0.361 e. The average molecular weight is 259 g/mol. The normalized spacial score (nSPS) is 23.3. The number of nitrogens with one attached hydrogen (secondary N) is 2. The molecule has 0 aliphatic carbocycles. The molecule has 0 bridgehead atoms. The van der Waals surface area contributed by atoms with Gasteiger partial charge in [0.15, 0.2) is 0 Å². The fourth-order valence-corrected chi connectivity index (χ4v) is 2.65. The van der Waals surface area contributed by atoms with Crippen LogP contribution in [0.4, 0.5) is 0 Å². The van der Waals surface area contributed by atoms with Crippen LogP contribution in [0, 0.1) is 10.1 Å². The third-order valence-electron chi connectivity index (χ3n) is 3.60. The van der Waals surface area contributed by atoms with Gasteiger partial charge in [-0.3, -0.25) is 14.9 Å². The fraction of sp³-hybridized carbons (Fsp3) is 0.308. The Morgan fingerprint density at radius 1 is 1.32 bits per heavy atom. The van der Waals surface area contributed by atoms with Gasteiger partial charge in [0.05, 0.1) is 0 Å². The van der Waals surface area contributed by atoms with E-state index in [9.17, 15) is 14.9 Å². The monoisotopic (exact) mass is 259 g/mol. The van der Waals surface area contributed by atoms with Crippen molar-refractivity contribution >= 4 is 16.8 Å². The lowest BCUT2D eigenvalue weighted by Gasteiger charge is -2.26. The average Bonchev–Trinajstić information content (AvgIpc) is 2.82. The van der Waals surface area contributed by atoms with E-state index in [-0.39, 0.29) is 23.7 Å². The van der Waals surface area contributed by atoms with Gasteiger partial charge in [-0.2, -0.15) is 0 Å². The Labute approximate surface area is 109 Å². The molecule has 6 heteroatoms. The van der Waals surface area contributed by atoms with Gasteiger partial charge in [-0.15, -0.1) is 0 Å². The van der Waals surface area contributed by atoms with Crippen LogP contribution in [-0.4, -0.2) is 21.9 Å². The summed E-state index contributed by atoms with van der Waals surface area (Å²) in [5.74, 6) is -0.131. The van der Waals surface area contributed by atoms with Crippen molar-refractivity contribution in [3.05, 3.63) is 46.1 Å². The molecule has 3 rings (SSSR count). The Hall–Kier alpha value is -2.37. The minimum Gasteiger partial charge on any atom is -0.361 e. The number of nitrogens with zero attached hydrogens (tertiary/aromatic N) is 1. The summed E-state index contributed by atoms with van der Waals surface area (Å²) in [5, 5.41) is 14.8. The van der Waals surface area contributed by atoms with Crippen LogP contribution >= 0.6 is 0 Å². The molecule has 1 fully saturated rings. The zero-order chi connectivity index (χ0) is 13.4. The third kappa shape index (κ3) is 1.95. The van der Waals surface area contributed by atoms with Crippen LogP contribution in [0.2, 0.25) is 0 Å². The molecule has 2 atom stereocenters. The molecule has 0 unspecified atom stereocenters. The van der Waals surface area contributed by atoms with Crippen molar-refractivity contribution in [2.45, 2.75) is 24.9 Å². The van der Waals surface area contributed by atoms with Gasteiger partial charge >= 0.3 is 0 Å². The van der Waals surface area contributed by atoms with Crippen molar-refractivity contribution < 1.29 is 9.72 Å². The number of H-pyrrole nitrogens is 1. The molecule has 1 aromatic heterocycles. The van der Waals surface area contributed by atoms with Crippen LogP contribution in [0.1, 0.15) is 24.4 Å². The molecule has 6 nitrogen and oxygen atoms in total. The Kier molecular flexibility index (Phi) is 2.70. The highest BCUT2D eigenvalue weighted by Gasteiger charge is 2.39. The zero-order valence-corrected chi connectivity index (χ0v) is 10.1. The highest BCUT2D eigenvalue weighted by atomic mass is 16.6. The number of hydrogen-bond donors (Lipinski definition) is 2. The van der Waals surface area contributed by atoms with Gasteiger partial charge in [0.2, 0.25) is 11.9 Å². The smallest absolute Gasteiger partial charge is 0.237 e. The number of benzene rings is 1. The molecular formula is C13H13N3O3. The summed E-state index contributed by atoms with van der Waals surface area (Å²) < 4.78 is 0. The molecule has 2 aromatic rings.